The van der Waals surface area contributed by atoms with Crippen molar-refractivity contribution in [2.75, 3.05) is 65.6 Å². The number of aliphatic carboxylic acids is 2. The molecule has 3 aliphatic heterocycles. The molecule has 0 radical (unpaired) electrons. The molecule has 4 N–H and O–H groups in total. The van der Waals surface area contributed by atoms with E-state index in [-0.39, 0.29) is 81.5 Å². The Kier molecular flexibility index (Phi) is 31.0. The number of hydrogen-bond acceptors (Lipinski definition) is 14. The van der Waals surface area contributed by atoms with Crippen molar-refractivity contribution in [1.82, 2.24) is 19.6 Å². The van der Waals surface area contributed by atoms with Crippen LogP contribution in [-0.4, -0.2) is 125 Å². The van der Waals surface area contributed by atoms with E-state index in [9.17, 15) is 10.2 Å². The van der Waals surface area contributed by atoms with Crippen LogP contribution in [0.25, 0.3) is 0 Å². The molecule has 0 saturated carbocycles. The molecule has 344 valence electrons. The number of halogens is 2. The van der Waals surface area contributed by atoms with Crippen LogP contribution in [0.5, 0.6) is 11.5 Å². The summed E-state index contributed by atoms with van der Waals surface area (Å²) >= 11 is 13.4. The molecule has 15 nitrogen and oxygen atoms in total. The number of carboxylic acids is 2. The molecule has 0 spiro atoms. The maximum atomic E-state index is 14.0. The van der Waals surface area contributed by atoms with Crippen molar-refractivity contribution >= 4 is 47.6 Å². The van der Waals surface area contributed by atoms with Crippen molar-refractivity contribution < 1.29 is 84.7 Å². The Balaban J connectivity index is 0.00000214. The van der Waals surface area contributed by atoms with Crippen LogP contribution in [-0.2, 0) is 61.6 Å². The van der Waals surface area contributed by atoms with Gasteiger partial charge < -0.3 is 45.7 Å². The molecule has 0 aromatic heterocycles. The second-order valence-corrected chi connectivity index (χ2v) is 15.1. The van der Waals surface area contributed by atoms with Gasteiger partial charge in [0.15, 0.2) is 0 Å². The first-order chi connectivity index (χ1) is 29.7. The summed E-state index contributed by atoms with van der Waals surface area (Å²) in [5.74, 6) is -2.28. The zero-order chi connectivity index (χ0) is 45.6. The Hall–Kier alpha value is -3.69. The molecule has 3 heterocycles. The van der Waals surface area contributed by atoms with Crippen LogP contribution >= 0.6 is 23.2 Å². The number of fused-ring (bicyclic) bond motifs is 8. The molecule has 0 aliphatic carbocycles. The second-order valence-electron chi connectivity index (χ2n) is 14.2. The predicted octanol–water partition coefficient (Wildman–Crippen LogP) is 2.00. The van der Waals surface area contributed by atoms with E-state index in [1.54, 1.807) is 50.5 Å². The topological polar surface area (TPSA) is 236 Å². The molecule has 4 aromatic rings. The third kappa shape index (κ3) is 20.4. The fourth-order valence-corrected chi connectivity index (χ4v) is 7.70. The van der Waals surface area contributed by atoms with Crippen LogP contribution in [0, 0.1) is 0 Å². The van der Waals surface area contributed by atoms with Gasteiger partial charge >= 0.3 is 39.0 Å². The van der Waals surface area contributed by atoms with E-state index >= 15 is 0 Å². The molecule has 2 atom stereocenters. The van der Waals surface area contributed by atoms with Crippen molar-refractivity contribution in [2.24, 2.45) is 9.98 Å². The maximum Gasteiger partial charge on any atom is 2.00 e. The van der Waals surface area contributed by atoms with Gasteiger partial charge in [0.05, 0.1) is 25.4 Å². The number of carbonyl (C=O) groups excluding carboxylic acids is 2. The van der Waals surface area contributed by atoms with E-state index in [0.29, 0.717) is 71.6 Å². The number of aliphatic hydroxyl groups excluding tert-OH is 2. The van der Waals surface area contributed by atoms with Gasteiger partial charge in [-0.1, -0.05) is 95.4 Å². The summed E-state index contributed by atoms with van der Waals surface area (Å²) in [6.07, 6.45) is 2.78. The smallest absolute Gasteiger partial charge is 0.872 e. The van der Waals surface area contributed by atoms with Crippen LogP contribution in [0.1, 0.15) is 73.4 Å². The SMILES string of the molecule is CC(=O)[O-].CC(=O)[O-].CCO.CCO.O.[O-]c1c2cc(Cl)cc1[C@H]1N(CCN=Cc3cc(Cl)cc(c3[O-])[C@H]3N(CCN=C2)CCN3Cc2ccccc2)CCN1Cc1ccccc1.[Zn+2].[Zn+2]. The van der Waals surface area contributed by atoms with Crippen molar-refractivity contribution in [3.8, 4) is 11.5 Å². The van der Waals surface area contributed by atoms with Gasteiger partial charge in [0, 0.05) is 100.0 Å². The molecule has 19 heteroatoms. The molecule has 4 aromatic carbocycles. The average molecular weight is 1040 g/mol. The first kappa shape index (κ1) is 61.3. The first-order valence-corrected chi connectivity index (χ1v) is 21.1. The number of carbonyl (C=O) groups is 2. The molecule has 65 heavy (non-hydrogen) atoms. The molecule has 2 saturated heterocycles. The summed E-state index contributed by atoms with van der Waals surface area (Å²) in [5, 5.41) is 62.0. The van der Waals surface area contributed by atoms with E-state index < -0.39 is 11.9 Å². The van der Waals surface area contributed by atoms with Crippen molar-refractivity contribution in [1.29, 1.82) is 0 Å². The average Bonchev–Trinajstić information content (AvgIpc) is 3.80. The summed E-state index contributed by atoms with van der Waals surface area (Å²) in [4.78, 5) is 36.4. The monoisotopic (exact) mass is 1040 g/mol. The summed E-state index contributed by atoms with van der Waals surface area (Å²) in [6.45, 7) is 12.4. The number of hydrogen-bond donors (Lipinski definition) is 2. The molecule has 4 bridgehead atoms. The molecular formula is C46H58Cl2N6O9Zn2. The van der Waals surface area contributed by atoms with E-state index in [4.69, 9.17) is 63.2 Å². The van der Waals surface area contributed by atoms with Crippen LogP contribution in [0.3, 0.4) is 0 Å². The standard InChI is InChI=1S/C38H40Cl2N6O2.2C2H4O2.2C2H6O.H2O.2Zn/c39-31-19-29-23-42-12-14-44-16-18-46(26-28-9-5-2-6-10-28)38(44)34-22-32(40)20-30(36(34)48)24-41-11-13-43-15-17-45(25-27-7-3-1-4-8-27)37(43)33(21-31)35(29)47;2*1-2(3)4;2*1-2-3;;;/h1-10,19-24,37-38,47-48H,11-18,25-26H2;2*1H3,(H,3,4);2*3H,2H2,1H3;1H2;;/q;;;;;;2*+2/p-4/t37-,38-;;;;;;;/m0......./s1. The van der Waals surface area contributed by atoms with Crippen LogP contribution in [0.4, 0.5) is 0 Å². The first-order valence-electron chi connectivity index (χ1n) is 20.4. The van der Waals surface area contributed by atoms with E-state index in [1.807, 2.05) is 36.4 Å². The fourth-order valence-electron chi connectivity index (χ4n) is 7.23. The second kappa shape index (κ2) is 32.9. The van der Waals surface area contributed by atoms with Crippen LogP contribution < -0.4 is 20.4 Å². The summed E-state index contributed by atoms with van der Waals surface area (Å²) in [5.41, 5.74) is 4.59. The number of carboxylic acid groups (broad SMARTS) is 2. The van der Waals surface area contributed by atoms with Gasteiger partial charge in [0.1, 0.15) is 0 Å². The Bertz CT molecular complexity index is 1910. The quantitative estimate of drug-likeness (QED) is 0.280. The minimum absolute atomic E-state index is 0. The van der Waals surface area contributed by atoms with Gasteiger partial charge in [-0.15, -0.1) is 0 Å². The molecule has 3 aliphatic rings. The third-order valence-electron chi connectivity index (χ3n) is 9.46. The fraction of sp³-hybridized carbons (Fsp3) is 0.391. The van der Waals surface area contributed by atoms with E-state index in [0.717, 1.165) is 40.0 Å². The normalized spacial score (nSPS) is 16.9. The van der Waals surface area contributed by atoms with Crippen LogP contribution in [0.2, 0.25) is 10.0 Å². The Labute approximate surface area is 417 Å². The zero-order valence-corrected chi connectivity index (χ0v) is 45.0. The number of nitrogens with zero attached hydrogens (tertiary/aromatic N) is 6. The van der Waals surface area contributed by atoms with Gasteiger partial charge in [0.2, 0.25) is 0 Å². The molecule has 2 fully saturated rings. The van der Waals surface area contributed by atoms with Gasteiger partial charge in [-0.25, -0.2) is 0 Å². The Morgan fingerprint density at radius 3 is 1.23 bits per heavy atom. The van der Waals surface area contributed by atoms with Crippen LogP contribution in [0.15, 0.2) is 94.9 Å². The summed E-state index contributed by atoms with van der Waals surface area (Å²) < 4.78 is 0. The van der Waals surface area contributed by atoms with E-state index in [1.165, 1.54) is 11.1 Å². The van der Waals surface area contributed by atoms with Gasteiger partial charge in [-0.3, -0.25) is 29.6 Å². The summed E-state index contributed by atoms with van der Waals surface area (Å²) in [6, 6.07) is 27.6. The zero-order valence-electron chi connectivity index (χ0n) is 37.6. The minimum atomic E-state index is -1.08. The maximum absolute atomic E-state index is 14.0. The third-order valence-corrected chi connectivity index (χ3v) is 9.90. The number of aliphatic hydroxyl groups is 2. The van der Waals surface area contributed by atoms with Crippen molar-refractivity contribution in [3.05, 3.63) is 128 Å². The van der Waals surface area contributed by atoms with E-state index in [2.05, 4.69) is 43.9 Å². The Morgan fingerprint density at radius 2 is 0.923 bits per heavy atom. The largest absolute Gasteiger partial charge is 2.00 e. The number of aliphatic imine (C=N–C) groups is 2. The minimum Gasteiger partial charge on any atom is -0.872 e. The Morgan fingerprint density at radius 1 is 0.615 bits per heavy atom. The summed E-state index contributed by atoms with van der Waals surface area (Å²) in [7, 11) is 0. The molecule has 7 rings (SSSR count). The van der Waals surface area contributed by atoms with Gasteiger partial charge in [-0.05, 0) is 85.3 Å². The van der Waals surface area contributed by atoms with Crippen molar-refractivity contribution in [3.63, 3.8) is 0 Å². The van der Waals surface area contributed by atoms with Crippen molar-refractivity contribution in [2.45, 2.75) is 53.1 Å². The van der Waals surface area contributed by atoms with Gasteiger partial charge in [0.25, 0.3) is 0 Å². The number of benzene rings is 4. The molecule has 0 amide bonds. The molecular weight excluding hydrogens is 982 g/mol. The predicted molar refractivity (Wildman–Crippen MR) is 240 cm³/mol. The number of rotatable bonds is 4. The molecule has 0 unspecified atom stereocenters. The van der Waals surface area contributed by atoms with Gasteiger partial charge in [-0.2, -0.15) is 0 Å².